The molecule has 2 heterocycles. The molecule has 1 atom stereocenters. The van der Waals surface area contributed by atoms with E-state index in [1.54, 1.807) is 17.4 Å². The Kier molecular flexibility index (Phi) is 7.23. The summed E-state index contributed by atoms with van der Waals surface area (Å²) in [7, 11) is 1.44. The number of hydrogen-bond donors (Lipinski definition) is 1. The van der Waals surface area contributed by atoms with Crippen molar-refractivity contribution in [2.75, 3.05) is 38.6 Å². The number of rotatable bonds is 7. The van der Waals surface area contributed by atoms with Crippen LogP contribution in [0.15, 0.2) is 34.1 Å². The number of thiophene rings is 1. The summed E-state index contributed by atoms with van der Waals surface area (Å²) in [5.74, 6) is 0.116. The fraction of sp³-hybridized carbons (Fsp3) is 0.421. The maximum Gasteiger partial charge on any atom is 0.296 e. The lowest BCUT2D eigenvalue weighted by molar-refractivity contribution is -0.384. The van der Waals surface area contributed by atoms with Crippen LogP contribution in [0.1, 0.15) is 11.8 Å². The highest BCUT2D eigenvalue weighted by Gasteiger charge is 2.27. The third-order valence-electron chi connectivity index (χ3n) is 5.00. The Labute approximate surface area is 181 Å². The van der Waals surface area contributed by atoms with Crippen LogP contribution in [-0.2, 0) is 11.3 Å². The van der Waals surface area contributed by atoms with Crippen molar-refractivity contribution < 1.29 is 14.5 Å². The topological polar surface area (TPSA) is 88.0 Å². The van der Waals surface area contributed by atoms with Gasteiger partial charge in [-0.1, -0.05) is 0 Å². The number of anilines is 1. The van der Waals surface area contributed by atoms with Gasteiger partial charge in [0.1, 0.15) is 11.4 Å². The van der Waals surface area contributed by atoms with Crippen LogP contribution in [0.4, 0.5) is 11.4 Å². The summed E-state index contributed by atoms with van der Waals surface area (Å²) < 4.78 is 6.16. The quantitative estimate of drug-likeness (QED) is 0.479. The fourth-order valence-electron chi connectivity index (χ4n) is 3.26. The Bertz CT molecular complexity index is 883. The first-order valence-electron chi connectivity index (χ1n) is 9.21. The Hall–Kier alpha value is -2.01. The molecule has 156 valence electrons. The summed E-state index contributed by atoms with van der Waals surface area (Å²) in [6, 6.07) is 8.20. The number of halogens is 1. The second-order valence-corrected chi connectivity index (χ2v) is 9.37. The molecule has 0 aliphatic carbocycles. The van der Waals surface area contributed by atoms with Gasteiger partial charge in [-0.3, -0.25) is 24.7 Å². The van der Waals surface area contributed by atoms with Gasteiger partial charge < -0.3 is 10.1 Å². The standard InChI is InChI=1S/C19H23BrN4O4S/c1-13(19(25)21-16-5-3-14(28-2)11-17(16)24(26)27)23-9-7-22(8-10-23)12-15-4-6-18(20)29-15/h3-6,11,13H,7-10,12H2,1-2H3,(H,21,25). The number of amides is 1. The van der Waals surface area contributed by atoms with Crippen molar-refractivity contribution in [2.45, 2.75) is 19.5 Å². The van der Waals surface area contributed by atoms with Crippen molar-refractivity contribution in [3.63, 3.8) is 0 Å². The minimum absolute atomic E-state index is 0.176. The molecule has 1 aliphatic rings. The molecule has 1 aliphatic heterocycles. The van der Waals surface area contributed by atoms with E-state index < -0.39 is 4.92 Å². The third-order valence-corrected chi connectivity index (χ3v) is 6.61. The third kappa shape index (κ3) is 5.53. The lowest BCUT2D eigenvalue weighted by atomic mass is 10.2. The number of carbonyl (C=O) groups excluding carboxylic acids is 1. The molecule has 10 heteroatoms. The molecule has 1 fully saturated rings. The van der Waals surface area contributed by atoms with E-state index in [1.807, 2.05) is 6.92 Å². The van der Waals surface area contributed by atoms with Crippen molar-refractivity contribution in [2.24, 2.45) is 0 Å². The van der Waals surface area contributed by atoms with E-state index in [1.165, 1.54) is 24.1 Å². The van der Waals surface area contributed by atoms with Crippen LogP contribution < -0.4 is 10.1 Å². The predicted molar refractivity (Wildman–Crippen MR) is 117 cm³/mol. The molecule has 8 nitrogen and oxygen atoms in total. The minimum Gasteiger partial charge on any atom is -0.496 e. The van der Waals surface area contributed by atoms with Gasteiger partial charge in [0, 0.05) is 37.6 Å². The van der Waals surface area contributed by atoms with Gasteiger partial charge in [-0.25, -0.2) is 0 Å². The number of nitrogens with one attached hydrogen (secondary N) is 1. The Morgan fingerprint density at radius 3 is 2.62 bits per heavy atom. The summed E-state index contributed by atoms with van der Waals surface area (Å²) in [6.07, 6.45) is 0. The molecular formula is C19H23BrN4O4S. The van der Waals surface area contributed by atoms with Crippen LogP contribution in [0.5, 0.6) is 5.75 Å². The molecule has 0 radical (unpaired) electrons. The Morgan fingerprint density at radius 2 is 2.03 bits per heavy atom. The SMILES string of the molecule is COc1ccc(NC(=O)C(C)N2CCN(Cc3ccc(Br)s3)CC2)c([N+](=O)[O-])c1. The molecule has 3 rings (SSSR count). The molecule has 1 saturated heterocycles. The number of ether oxygens (including phenoxy) is 1. The molecule has 1 amide bonds. The van der Waals surface area contributed by atoms with E-state index >= 15 is 0 Å². The first-order chi connectivity index (χ1) is 13.9. The summed E-state index contributed by atoms with van der Waals surface area (Å²) >= 11 is 5.22. The number of carbonyl (C=O) groups is 1. The number of nitrogens with zero attached hydrogens (tertiary/aromatic N) is 3. The van der Waals surface area contributed by atoms with Crippen LogP contribution in [0.25, 0.3) is 0 Å². The number of benzene rings is 1. The minimum atomic E-state index is -0.523. The lowest BCUT2D eigenvalue weighted by Crippen LogP contribution is -2.52. The average Bonchev–Trinajstić information content (AvgIpc) is 3.12. The van der Waals surface area contributed by atoms with Crippen molar-refractivity contribution in [3.8, 4) is 5.75 Å². The second kappa shape index (κ2) is 9.66. The van der Waals surface area contributed by atoms with E-state index in [0.717, 1.165) is 36.5 Å². The summed E-state index contributed by atoms with van der Waals surface area (Å²) in [5.41, 5.74) is -0.00798. The van der Waals surface area contributed by atoms with Gasteiger partial charge in [-0.15, -0.1) is 11.3 Å². The molecule has 1 unspecified atom stereocenters. The predicted octanol–water partition coefficient (Wildman–Crippen LogP) is 3.57. The van der Waals surface area contributed by atoms with Crippen LogP contribution in [-0.4, -0.2) is 60.0 Å². The number of methoxy groups -OCH3 is 1. The highest BCUT2D eigenvalue weighted by Crippen LogP contribution is 2.29. The normalized spacial score (nSPS) is 16.4. The summed E-state index contributed by atoms with van der Waals surface area (Å²) in [5, 5.41) is 14.0. The maximum atomic E-state index is 12.7. The van der Waals surface area contributed by atoms with Crippen LogP contribution >= 0.6 is 27.3 Å². The number of nitro benzene ring substituents is 1. The van der Waals surface area contributed by atoms with E-state index in [-0.39, 0.29) is 23.3 Å². The number of hydrogen-bond acceptors (Lipinski definition) is 7. The van der Waals surface area contributed by atoms with E-state index in [2.05, 4.69) is 43.2 Å². The molecule has 2 aromatic rings. The molecule has 1 aromatic carbocycles. The zero-order valence-electron chi connectivity index (χ0n) is 16.3. The van der Waals surface area contributed by atoms with Gasteiger partial charge in [-0.05, 0) is 47.1 Å². The number of nitro groups is 1. The van der Waals surface area contributed by atoms with Gasteiger partial charge in [0.15, 0.2) is 0 Å². The summed E-state index contributed by atoms with van der Waals surface area (Å²) in [6.45, 7) is 6.02. The fourth-order valence-corrected chi connectivity index (χ4v) is 4.79. The Balaban J connectivity index is 1.56. The van der Waals surface area contributed by atoms with E-state index in [0.29, 0.717) is 5.75 Å². The largest absolute Gasteiger partial charge is 0.496 e. The maximum absolute atomic E-state index is 12.7. The molecule has 0 saturated carbocycles. The van der Waals surface area contributed by atoms with Crippen molar-refractivity contribution in [3.05, 3.63) is 49.1 Å². The molecule has 1 aromatic heterocycles. The van der Waals surface area contributed by atoms with Crippen molar-refractivity contribution in [1.29, 1.82) is 0 Å². The zero-order chi connectivity index (χ0) is 21.0. The number of piperazine rings is 1. The van der Waals surface area contributed by atoms with Gasteiger partial charge in [0.05, 0.1) is 27.9 Å². The smallest absolute Gasteiger partial charge is 0.296 e. The van der Waals surface area contributed by atoms with Crippen molar-refractivity contribution >= 4 is 44.5 Å². The average molecular weight is 483 g/mol. The monoisotopic (exact) mass is 482 g/mol. The first-order valence-corrected chi connectivity index (χ1v) is 10.8. The lowest BCUT2D eigenvalue weighted by Gasteiger charge is -2.37. The molecular weight excluding hydrogens is 460 g/mol. The van der Waals surface area contributed by atoms with Crippen LogP contribution in [0.2, 0.25) is 0 Å². The highest BCUT2D eigenvalue weighted by atomic mass is 79.9. The molecule has 0 spiro atoms. The van der Waals surface area contributed by atoms with Crippen LogP contribution in [0.3, 0.4) is 0 Å². The van der Waals surface area contributed by atoms with Crippen LogP contribution in [0, 0.1) is 10.1 Å². The van der Waals surface area contributed by atoms with Crippen molar-refractivity contribution in [1.82, 2.24) is 9.80 Å². The highest BCUT2D eigenvalue weighted by molar-refractivity contribution is 9.11. The van der Waals surface area contributed by atoms with Gasteiger partial charge >= 0.3 is 0 Å². The van der Waals surface area contributed by atoms with E-state index in [4.69, 9.17) is 4.74 Å². The Morgan fingerprint density at radius 1 is 1.31 bits per heavy atom. The zero-order valence-corrected chi connectivity index (χ0v) is 18.7. The summed E-state index contributed by atoms with van der Waals surface area (Å²) in [4.78, 5) is 29.3. The van der Waals surface area contributed by atoms with Gasteiger partial charge in [-0.2, -0.15) is 0 Å². The van der Waals surface area contributed by atoms with E-state index in [9.17, 15) is 14.9 Å². The molecule has 29 heavy (non-hydrogen) atoms. The van der Waals surface area contributed by atoms with Gasteiger partial charge in [0.2, 0.25) is 5.91 Å². The van der Waals surface area contributed by atoms with Gasteiger partial charge in [0.25, 0.3) is 5.69 Å². The molecule has 1 N–H and O–H groups in total. The first kappa shape index (κ1) is 21.7. The second-order valence-electron chi connectivity index (χ2n) is 6.82. The molecule has 0 bridgehead atoms.